The SMILES string of the molecule is CCCCCCC(C)(C)c1cc(O)c(C2CCCCC2)c(O)c1. The maximum atomic E-state index is 10.5. The maximum Gasteiger partial charge on any atom is 0.123 e. The van der Waals surface area contributed by atoms with E-state index in [4.69, 9.17) is 0 Å². The van der Waals surface area contributed by atoms with Crippen LogP contribution in [-0.4, -0.2) is 10.2 Å². The van der Waals surface area contributed by atoms with Crippen molar-refractivity contribution in [3.05, 3.63) is 23.3 Å². The largest absolute Gasteiger partial charge is 0.508 e. The summed E-state index contributed by atoms with van der Waals surface area (Å²) in [5.74, 6) is 0.924. The molecule has 1 fully saturated rings. The molecule has 0 amide bonds. The molecular formula is C21H34O2. The Hall–Kier alpha value is -1.18. The van der Waals surface area contributed by atoms with Gasteiger partial charge in [0, 0.05) is 5.56 Å². The molecule has 130 valence electrons. The number of unbranched alkanes of at least 4 members (excludes halogenated alkanes) is 3. The Labute approximate surface area is 141 Å². The number of hydrogen-bond donors (Lipinski definition) is 2. The first kappa shape index (κ1) is 18.2. The van der Waals surface area contributed by atoms with E-state index in [2.05, 4.69) is 20.8 Å². The minimum Gasteiger partial charge on any atom is -0.508 e. The molecule has 2 rings (SSSR count). The van der Waals surface area contributed by atoms with Crippen LogP contribution in [0, 0.1) is 0 Å². The summed E-state index contributed by atoms with van der Waals surface area (Å²) in [6.07, 6.45) is 11.9. The van der Waals surface area contributed by atoms with Gasteiger partial charge in [-0.3, -0.25) is 0 Å². The molecule has 1 aliphatic carbocycles. The van der Waals surface area contributed by atoms with Crippen LogP contribution in [0.5, 0.6) is 11.5 Å². The number of phenols is 2. The zero-order chi connectivity index (χ0) is 16.9. The highest BCUT2D eigenvalue weighted by atomic mass is 16.3. The van der Waals surface area contributed by atoms with Gasteiger partial charge in [-0.2, -0.15) is 0 Å². The molecule has 2 N–H and O–H groups in total. The monoisotopic (exact) mass is 318 g/mol. The van der Waals surface area contributed by atoms with Gasteiger partial charge in [-0.15, -0.1) is 0 Å². The van der Waals surface area contributed by atoms with Crippen molar-refractivity contribution in [2.45, 2.75) is 96.3 Å². The molecule has 0 aliphatic heterocycles. The highest BCUT2D eigenvalue weighted by Crippen LogP contribution is 2.44. The fraction of sp³-hybridized carbons (Fsp3) is 0.714. The average molecular weight is 319 g/mol. The van der Waals surface area contributed by atoms with Crippen LogP contribution >= 0.6 is 0 Å². The molecule has 1 aromatic rings. The topological polar surface area (TPSA) is 40.5 Å². The maximum absolute atomic E-state index is 10.5. The van der Waals surface area contributed by atoms with Crippen molar-refractivity contribution in [3.8, 4) is 11.5 Å². The van der Waals surface area contributed by atoms with Gasteiger partial charge in [-0.1, -0.05) is 65.7 Å². The predicted octanol–water partition coefficient (Wildman–Crippen LogP) is 6.39. The van der Waals surface area contributed by atoms with Crippen LogP contribution in [0.1, 0.15) is 102 Å². The van der Waals surface area contributed by atoms with Crippen LogP contribution in [0.4, 0.5) is 0 Å². The van der Waals surface area contributed by atoms with Crippen LogP contribution in [-0.2, 0) is 5.41 Å². The van der Waals surface area contributed by atoms with Crippen LogP contribution in [0.3, 0.4) is 0 Å². The van der Waals surface area contributed by atoms with Crippen molar-refractivity contribution >= 4 is 0 Å². The molecule has 0 bridgehead atoms. The Morgan fingerprint density at radius 2 is 1.57 bits per heavy atom. The lowest BCUT2D eigenvalue weighted by Gasteiger charge is -2.28. The highest BCUT2D eigenvalue weighted by molar-refractivity contribution is 5.50. The van der Waals surface area contributed by atoms with Crippen molar-refractivity contribution in [2.75, 3.05) is 0 Å². The number of phenolic OH excluding ortho intramolecular Hbond substituents is 2. The Kier molecular flexibility index (Phi) is 6.38. The first-order chi connectivity index (χ1) is 11.0. The zero-order valence-corrected chi connectivity index (χ0v) is 15.2. The molecule has 23 heavy (non-hydrogen) atoms. The first-order valence-electron chi connectivity index (χ1n) is 9.52. The second-order valence-corrected chi connectivity index (χ2v) is 7.96. The third-order valence-corrected chi connectivity index (χ3v) is 5.59. The van der Waals surface area contributed by atoms with Crippen molar-refractivity contribution < 1.29 is 10.2 Å². The summed E-state index contributed by atoms with van der Waals surface area (Å²) in [5.41, 5.74) is 1.84. The van der Waals surface area contributed by atoms with E-state index in [1.807, 2.05) is 12.1 Å². The van der Waals surface area contributed by atoms with Gasteiger partial charge < -0.3 is 10.2 Å². The summed E-state index contributed by atoms with van der Waals surface area (Å²) in [7, 11) is 0. The first-order valence-corrected chi connectivity index (χ1v) is 9.52. The molecule has 0 unspecified atom stereocenters. The summed E-state index contributed by atoms with van der Waals surface area (Å²) in [6.45, 7) is 6.66. The van der Waals surface area contributed by atoms with Gasteiger partial charge in [0.25, 0.3) is 0 Å². The third-order valence-electron chi connectivity index (χ3n) is 5.59. The van der Waals surface area contributed by atoms with E-state index >= 15 is 0 Å². The molecule has 0 aromatic heterocycles. The van der Waals surface area contributed by atoms with Gasteiger partial charge in [0.15, 0.2) is 0 Å². The molecular weight excluding hydrogens is 284 g/mol. The predicted molar refractivity (Wildman–Crippen MR) is 97.4 cm³/mol. The molecule has 1 saturated carbocycles. The molecule has 0 spiro atoms. The van der Waals surface area contributed by atoms with Gasteiger partial charge in [-0.25, -0.2) is 0 Å². The van der Waals surface area contributed by atoms with Gasteiger partial charge in [0.1, 0.15) is 11.5 Å². The standard InChI is InChI=1S/C21H34O2/c1-4-5-6-10-13-21(2,3)17-14-18(22)20(19(23)15-17)16-11-8-7-9-12-16/h14-16,22-23H,4-13H2,1-3H3. The van der Waals surface area contributed by atoms with Crippen LogP contribution in [0.15, 0.2) is 12.1 Å². The molecule has 0 radical (unpaired) electrons. The van der Waals surface area contributed by atoms with E-state index in [9.17, 15) is 10.2 Å². The smallest absolute Gasteiger partial charge is 0.123 e. The minimum atomic E-state index is -0.00615. The van der Waals surface area contributed by atoms with Gasteiger partial charge in [0.2, 0.25) is 0 Å². The lowest BCUT2D eigenvalue weighted by Crippen LogP contribution is -2.17. The quantitative estimate of drug-likeness (QED) is 0.571. The van der Waals surface area contributed by atoms with Crippen LogP contribution in [0.2, 0.25) is 0 Å². The molecule has 2 heteroatoms. The molecule has 0 heterocycles. The van der Waals surface area contributed by atoms with E-state index in [1.165, 1.54) is 44.9 Å². The average Bonchev–Trinajstić information content (AvgIpc) is 2.52. The van der Waals surface area contributed by atoms with E-state index in [1.54, 1.807) is 0 Å². The molecule has 1 aromatic carbocycles. The molecule has 2 nitrogen and oxygen atoms in total. The third kappa shape index (κ3) is 4.65. The summed E-state index contributed by atoms with van der Waals surface area (Å²) >= 11 is 0. The Bertz CT molecular complexity index is 476. The highest BCUT2D eigenvalue weighted by Gasteiger charge is 2.26. The van der Waals surface area contributed by atoms with Crippen molar-refractivity contribution in [1.29, 1.82) is 0 Å². The van der Waals surface area contributed by atoms with Crippen molar-refractivity contribution in [3.63, 3.8) is 0 Å². The summed E-state index contributed by atoms with van der Waals surface area (Å²) in [6, 6.07) is 3.81. The Morgan fingerprint density at radius 1 is 0.957 bits per heavy atom. The van der Waals surface area contributed by atoms with Gasteiger partial charge in [0.05, 0.1) is 0 Å². The van der Waals surface area contributed by atoms with E-state index in [0.29, 0.717) is 17.4 Å². The number of aromatic hydroxyl groups is 2. The molecule has 0 saturated heterocycles. The van der Waals surface area contributed by atoms with E-state index in [0.717, 1.165) is 30.4 Å². The summed E-state index contributed by atoms with van der Waals surface area (Å²) < 4.78 is 0. The fourth-order valence-corrected chi connectivity index (χ4v) is 3.96. The zero-order valence-electron chi connectivity index (χ0n) is 15.2. The van der Waals surface area contributed by atoms with E-state index < -0.39 is 0 Å². The van der Waals surface area contributed by atoms with Gasteiger partial charge >= 0.3 is 0 Å². The lowest BCUT2D eigenvalue weighted by atomic mass is 9.77. The minimum absolute atomic E-state index is 0.00615. The Balaban J connectivity index is 2.14. The normalized spacial score (nSPS) is 16.7. The summed E-state index contributed by atoms with van der Waals surface area (Å²) in [5, 5.41) is 21.1. The lowest BCUT2D eigenvalue weighted by molar-refractivity contribution is 0.383. The number of benzene rings is 1. The van der Waals surface area contributed by atoms with Crippen molar-refractivity contribution in [2.24, 2.45) is 0 Å². The second-order valence-electron chi connectivity index (χ2n) is 7.96. The van der Waals surface area contributed by atoms with Gasteiger partial charge in [-0.05, 0) is 48.3 Å². The molecule has 0 atom stereocenters. The van der Waals surface area contributed by atoms with Crippen LogP contribution < -0.4 is 0 Å². The number of rotatable bonds is 7. The summed E-state index contributed by atoms with van der Waals surface area (Å²) in [4.78, 5) is 0. The van der Waals surface area contributed by atoms with Crippen molar-refractivity contribution in [1.82, 2.24) is 0 Å². The second kappa shape index (κ2) is 8.08. The fourth-order valence-electron chi connectivity index (χ4n) is 3.96. The molecule has 1 aliphatic rings. The van der Waals surface area contributed by atoms with Crippen LogP contribution in [0.25, 0.3) is 0 Å². The Morgan fingerprint density at radius 3 is 2.13 bits per heavy atom. The number of hydrogen-bond acceptors (Lipinski definition) is 2. The van der Waals surface area contributed by atoms with E-state index in [-0.39, 0.29) is 5.41 Å².